The maximum absolute atomic E-state index is 12.4. The standard InChI is InChI=1S/C20H22F2N2O3S2/c1-26-18(25)16-14-6-4-2-3-5-7-15(14)29-17(16)24-20(28)23-12-8-10-13(11-9-12)27-19(21)22/h8-11,19H,2-7H2,1H3,(H2,23,24,28). The van der Waals surface area contributed by atoms with Gasteiger partial charge in [0.15, 0.2) is 5.11 Å². The minimum absolute atomic E-state index is 0.0652. The molecule has 2 aromatic rings. The molecule has 1 aliphatic carbocycles. The van der Waals surface area contributed by atoms with Crippen LogP contribution in [-0.4, -0.2) is 24.8 Å². The number of ether oxygens (including phenoxy) is 2. The Balaban J connectivity index is 1.75. The highest BCUT2D eigenvalue weighted by Gasteiger charge is 2.25. The molecule has 0 radical (unpaired) electrons. The monoisotopic (exact) mass is 440 g/mol. The summed E-state index contributed by atoms with van der Waals surface area (Å²) in [6, 6.07) is 6.02. The molecule has 0 spiro atoms. The first-order valence-corrected chi connectivity index (χ1v) is 10.6. The van der Waals surface area contributed by atoms with Crippen molar-refractivity contribution < 1.29 is 23.0 Å². The van der Waals surface area contributed by atoms with Gasteiger partial charge in [-0.2, -0.15) is 8.78 Å². The van der Waals surface area contributed by atoms with Crippen LogP contribution in [0.2, 0.25) is 0 Å². The lowest BCUT2D eigenvalue weighted by Crippen LogP contribution is -2.20. The van der Waals surface area contributed by atoms with Crippen LogP contribution in [0.4, 0.5) is 19.5 Å². The fourth-order valence-corrected chi connectivity index (χ4v) is 4.88. The molecule has 0 fully saturated rings. The molecule has 1 aliphatic rings. The molecule has 0 saturated carbocycles. The maximum Gasteiger partial charge on any atom is 0.387 e. The highest BCUT2D eigenvalue weighted by atomic mass is 32.1. The summed E-state index contributed by atoms with van der Waals surface area (Å²) in [5, 5.41) is 7.06. The van der Waals surface area contributed by atoms with E-state index >= 15 is 0 Å². The third-order valence-electron chi connectivity index (χ3n) is 4.63. The number of thiocarbonyl (C=S) groups is 1. The number of halogens is 2. The molecular weight excluding hydrogens is 418 g/mol. The lowest BCUT2D eigenvalue weighted by molar-refractivity contribution is -0.0498. The van der Waals surface area contributed by atoms with E-state index in [1.54, 1.807) is 12.1 Å². The van der Waals surface area contributed by atoms with E-state index in [1.165, 1.54) is 41.9 Å². The molecule has 0 unspecified atom stereocenters. The number of anilines is 2. The SMILES string of the molecule is COC(=O)c1c(NC(=S)Nc2ccc(OC(F)F)cc2)sc2c1CCCCCC2. The van der Waals surface area contributed by atoms with Gasteiger partial charge in [0.1, 0.15) is 10.8 Å². The first-order chi connectivity index (χ1) is 14.0. The van der Waals surface area contributed by atoms with Gasteiger partial charge in [0.05, 0.1) is 12.7 Å². The molecule has 1 aromatic heterocycles. The van der Waals surface area contributed by atoms with Crippen LogP contribution in [0.25, 0.3) is 0 Å². The minimum Gasteiger partial charge on any atom is -0.465 e. The molecule has 0 bridgehead atoms. The summed E-state index contributed by atoms with van der Waals surface area (Å²) in [4.78, 5) is 13.6. The van der Waals surface area contributed by atoms with E-state index in [4.69, 9.17) is 17.0 Å². The van der Waals surface area contributed by atoms with E-state index in [1.807, 2.05) is 0 Å². The molecule has 3 rings (SSSR count). The number of thiophene rings is 1. The van der Waals surface area contributed by atoms with Crippen molar-refractivity contribution in [1.29, 1.82) is 0 Å². The maximum atomic E-state index is 12.4. The number of carbonyl (C=O) groups excluding carboxylic acids is 1. The molecule has 0 aliphatic heterocycles. The van der Waals surface area contributed by atoms with Crippen molar-refractivity contribution in [2.45, 2.75) is 45.1 Å². The molecule has 29 heavy (non-hydrogen) atoms. The van der Waals surface area contributed by atoms with Gasteiger partial charge in [-0.1, -0.05) is 12.8 Å². The highest BCUT2D eigenvalue weighted by Crippen LogP contribution is 2.37. The lowest BCUT2D eigenvalue weighted by atomic mass is 9.96. The molecule has 156 valence electrons. The third kappa shape index (κ3) is 5.63. The van der Waals surface area contributed by atoms with E-state index in [2.05, 4.69) is 15.4 Å². The Morgan fingerprint density at radius 3 is 2.45 bits per heavy atom. The second kappa shape index (κ2) is 9.98. The second-order valence-corrected chi connectivity index (χ2v) is 8.11. The Morgan fingerprint density at radius 1 is 1.10 bits per heavy atom. The number of hydrogen-bond donors (Lipinski definition) is 2. The summed E-state index contributed by atoms with van der Waals surface area (Å²) in [5.74, 6) is -0.308. The smallest absolute Gasteiger partial charge is 0.387 e. The first kappa shape index (κ1) is 21.4. The van der Waals surface area contributed by atoms with E-state index in [9.17, 15) is 13.6 Å². The van der Waals surface area contributed by atoms with Crippen molar-refractivity contribution in [3.8, 4) is 5.75 Å². The number of alkyl halides is 2. The zero-order valence-corrected chi connectivity index (χ0v) is 17.6. The predicted octanol–water partition coefficient (Wildman–Crippen LogP) is 5.60. The average Bonchev–Trinajstić information content (AvgIpc) is 2.98. The van der Waals surface area contributed by atoms with E-state index in [0.29, 0.717) is 21.4 Å². The molecule has 2 N–H and O–H groups in total. The van der Waals surface area contributed by atoms with Gasteiger partial charge in [-0.3, -0.25) is 0 Å². The van der Waals surface area contributed by atoms with Crippen LogP contribution in [0, 0.1) is 0 Å². The number of fused-ring (bicyclic) bond motifs is 1. The van der Waals surface area contributed by atoms with E-state index < -0.39 is 6.61 Å². The van der Waals surface area contributed by atoms with Gasteiger partial charge in [0, 0.05) is 10.6 Å². The number of esters is 1. The fraction of sp³-hybridized carbons (Fsp3) is 0.400. The van der Waals surface area contributed by atoms with Crippen molar-refractivity contribution in [2.24, 2.45) is 0 Å². The molecule has 1 heterocycles. The molecule has 5 nitrogen and oxygen atoms in total. The molecule has 0 atom stereocenters. The normalized spacial score (nSPS) is 13.8. The van der Waals surface area contributed by atoms with E-state index in [0.717, 1.165) is 37.7 Å². The number of carbonyl (C=O) groups is 1. The number of aryl methyl sites for hydroxylation is 1. The minimum atomic E-state index is -2.87. The average molecular weight is 441 g/mol. The first-order valence-electron chi connectivity index (χ1n) is 9.33. The summed E-state index contributed by atoms with van der Waals surface area (Å²) in [6.07, 6.45) is 6.29. The summed E-state index contributed by atoms with van der Waals surface area (Å²) in [7, 11) is 1.37. The number of benzene rings is 1. The Labute approximate surface area is 177 Å². The van der Waals surface area contributed by atoms with Crippen molar-refractivity contribution in [2.75, 3.05) is 17.7 Å². The zero-order chi connectivity index (χ0) is 20.8. The van der Waals surface area contributed by atoms with Gasteiger partial charge in [-0.15, -0.1) is 11.3 Å². The topological polar surface area (TPSA) is 59.6 Å². The highest BCUT2D eigenvalue weighted by molar-refractivity contribution is 7.80. The van der Waals surface area contributed by atoms with Crippen LogP contribution in [0.5, 0.6) is 5.75 Å². The van der Waals surface area contributed by atoms with Crippen LogP contribution in [-0.2, 0) is 17.6 Å². The van der Waals surface area contributed by atoms with Crippen LogP contribution in [0.15, 0.2) is 24.3 Å². The van der Waals surface area contributed by atoms with Crippen LogP contribution in [0.1, 0.15) is 46.5 Å². The molecule has 1 aromatic carbocycles. The zero-order valence-electron chi connectivity index (χ0n) is 15.9. The Hall–Kier alpha value is -2.26. The Kier molecular flexibility index (Phi) is 7.38. The Morgan fingerprint density at radius 2 is 1.79 bits per heavy atom. The molecular formula is C20H22F2N2O3S2. The van der Waals surface area contributed by atoms with Crippen molar-refractivity contribution in [3.05, 3.63) is 40.3 Å². The molecule has 0 amide bonds. The summed E-state index contributed by atoms with van der Waals surface area (Å²) in [5.41, 5.74) is 2.22. The largest absolute Gasteiger partial charge is 0.465 e. The van der Waals surface area contributed by atoms with Crippen LogP contribution in [0.3, 0.4) is 0 Å². The van der Waals surface area contributed by atoms with Gasteiger partial charge < -0.3 is 20.1 Å². The molecule has 9 heteroatoms. The van der Waals surface area contributed by atoms with Gasteiger partial charge in [0.25, 0.3) is 0 Å². The number of methoxy groups -OCH3 is 1. The number of nitrogens with one attached hydrogen (secondary N) is 2. The second-order valence-electron chi connectivity index (χ2n) is 6.60. The van der Waals surface area contributed by atoms with E-state index in [-0.39, 0.29) is 11.7 Å². The Bertz CT molecular complexity index is 869. The summed E-state index contributed by atoms with van der Waals surface area (Å²) in [6.45, 7) is -2.87. The van der Waals surface area contributed by atoms with Crippen molar-refractivity contribution >= 4 is 45.3 Å². The fourth-order valence-electron chi connectivity index (χ4n) is 3.31. The quantitative estimate of drug-likeness (QED) is 0.466. The van der Waals surface area contributed by atoms with Gasteiger partial charge in [0.2, 0.25) is 0 Å². The van der Waals surface area contributed by atoms with Crippen molar-refractivity contribution in [1.82, 2.24) is 0 Å². The van der Waals surface area contributed by atoms with Gasteiger partial charge in [-0.05, 0) is 67.7 Å². The van der Waals surface area contributed by atoms with Crippen molar-refractivity contribution in [3.63, 3.8) is 0 Å². The number of hydrogen-bond acceptors (Lipinski definition) is 5. The number of rotatable bonds is 5. The summed E-state index contributed by atoms with van der Waals surface area (Å²) < 4.78 is 33.8. The lowest BCUT2D eigenvalue weighted by Gasteiger charge is -2.12. The third-order valence-corrected chi connectivity index (χ3v) is 6.04. The van der Waals surface area contributed by atoms with Gasteiger partial charge in [-0.25, -0.2) is 4.79 Å². The van der Waals surface area contributed by atoms with Gasteiger partial charge >= 0.3 is 12.6 Å². The molecule has 0 saturated heterocycles. The summed E-state index contributed by atoms with van der Waals surface area (Å²) >= 11 is 6.91. The van der Waals surface area contributed by atoms with Crippen LogP contribution >= 0.6 is 23.6 Å². The van der Waals surface area contributed by atoms with Crippen LogP contribution < -0.4 is 15.4 Å². The predicted molar refractivity (Wildman–Crippen MR) is 114 cm³/mol.